The number of carbonyl (C=O) groups is 2. The van der Waals surface area contributed by atoms with Crippen molar-refractivity contribution in [2.75, 3.05) is 53.4 Å². The van der Waals surface area contributed by atoms with Crippen molar-refractivity contribution in [2.45, 2.75) is 18.8 Å². The monoisotopic (exact) mass is 437 g/mol. The van der Waals surface area contributed by atoms with Crippen LogP contribution in [0.5, 0.6) is 5.75 Å². The molecule has 1 atom stereocenters. The lowest BCUT2D eigenvalue weighted by Gasteiger charge is -2.32. The number of ether oxygens (including phenoxy) is 1. The Morgan fingerprint density at radius 2 is 2.03 bits per heavy atom. The quantitative estimate of drug-likeness (QED) is 0.519. The van der Waals surface area contributed by atoms with E-state index in [1.807, 2.05) is 30.3 Å². The molecule has 1 aliphatic heterocycles. The summed E-state index contributed by atoms with van der Waals surface area (Å²) in [5, 5.41) is 5.59. The second-order valence-corrected chi connectivity index (χ2v) is 8.46. The summed E-state index contributed by atoms with van der Waals surface area (Å²) in [7, 11) is 3.76. The normalized spacial score (nSPS) is 16.3. The van der Waals surface area contributed by atoms with Crippen LogP contribution in [0.3, 0.4) is 0 Å². The molecule has 1 N–H and O–H groups in total. The summed E-state index contributed by atoms with van der Waals surface area (Å²) in [6.45, 7) is 5.94. The van der Waals surface area contributed by atoms with Gasteiger partial charge in [-0.2, -0.15) is 0 Å². The molecule has 7 heteroatoms. The van der Waals surface area contributed by atoms with Crippen molar-refractivity contribution in [3.8, 4) is 5.75 Å². The second kappa shape index (κ2) is 10.1. The average molecular weight is 438 g/mol. The molecule has 1 amide bonds. The number of benzene rings is 2. The highest BCUT2D eigenvalue weighted by Crippen LogP contribution is 2.36. The maximum Gasteiger partial charge on any atom is 0.219 e. The Balaban J connectivity index is 1.50. The van der Waals surface area contributed by atoms with E-state index in [2.05, 4.69) is 22.2 Å². The van der Waals surface area contributed by atoms with Crippen LogP contribution in [0.25, 0.3) is 21.7 Å². The molecular weight excluding hydrogens is 406 g/mol. The Kier molecular flexibility index (Phi) is 7.07. The standard InChI is InChI=1S/C25H31N3O4/c1-26-24(30)8-4-19(16-29)22-17-32-23-7-3-18-15-20(5-6-21(18)25(22)23)31-14-13-28-11-9-27(2)10-12-28/h3,5-7,15-17,19H,4,8-14H2,1-2H3,(H,26,30). The summed E-state index contributed by atoms with van der Waals surface area (Å²) in [5.74, 6) is 0.370. The molecule has 0 saturated carbocycles. The molecule has 170 valence electrons. The minimum atomic E-state index is -0.390. The van der Waals surface area contributed by atoms with Gasteiger partial charge in [0.25, 0.3) is 0 Å². The maximum atomic E-state index is 11.8. The van der Waals surface area contributed by atoms with Crippen molar-refractivity contribution < 1.29 is 18.7 Å². The van der Waals surface area contributed by atoms with Crippen LogP contribution < -0.4 is 10.1 Å². The van der Waals surface area contributed by atoms with Crippen molar-refractivity contribution in [3.05, 3.63) is 42.2 Å². The van der Waals surface area contributed by atoms with E-state index in [9.17, 15) is 9.59 Å². The van der Waals surface area contributed by atoms with Crippen molar-refractivity contribution >= 4 is 33.9 Å². The fraction of sp³-hybridized carbons (Fsp3) is 0.440. The lowest BCUT2D eigenvalue weighted by molar-refractivity contribution is -0.120. The van der Waals surface area contributed by atoms with Crippen LogP contribution in [-0.4, -0.2) is 75.4 Å². The summed E-state index contributed by atoms with van der Waals surface area (Å²) in [6.07, 6.45) is 3.29. The molecule has 0 bridgehead atoms. The number of amides is 1. The van der Waals surface area contributed by atoms with Gasteiger partial charge < -0.3 is 24.2 Å². The van der Waals surface area contributed by atoms with Gasteiger partial charge in [-0.05, 0) is 48.5 Å². The van der Waals surface area contributed by atoms with Gasteiger partial charge in [-0.3, -0.25) is 9.69 Å². The molecule has 32 heavy (non-hydrogen) atoms. The highest BCUT2D eigenvalue weighted by molar-refractivity contribution is 6.08. The molecule has 1 saturated heterocycles. The first-order chi connectivity index (χ1) is 15.6. The third-order valence-corrected chi connectivity index (χ3v) is 6.35. The summed E-state index contributed by atoms with van der Waals surface area (Å²) in [5.41, 5.74) is 1.57. The first-order valence-corrected chi connectivity index (χ1v) is 11.2. The zero-order valence-electron chi connectivity index (χ0n) is 18.8. The highest BCUT2D eigenvalue weighted by atomic mass is 16.5. The molecule has 3 aromatic rings. The molecular formula is C25H31N3O4. The van der Waals surface area contributed by atoms with Crippen LogP contribution in [0.4, 0.5) is 0 Å². The van der Waals surface area contributed by atoms with E-state index in [0.717, 1.165) is 72.1 Å². The van der Waals surface area contributed by atoms with Crippen LogP contribution in [-0.2, 0) is 9.59 Å². The number of piperazine rings is 1. The molecule has 1 aromatic heterocycles. The number of aldehydes is 1. The van der Waals surface area contributed by atoms with E-state index < -0.39 is 5.92 Å². The fourth-order valence-corrected chi connectivity index (χ4v) is 4.30. The third kappa shape index (κ3) is 4.95. The van der Waals surface area contributed by atoms with Crippen molar-refractivity contribution in [2.24, 2.45) is 0 Å². The molecule has 2 aromatic carbocycles. The molecule has 7 nitrogen and oxygen atoms in total. The predicted molar refractivity (Wildman–Crippen MR) is 125 cm³/mol. The van der Waals surface area contributed by atoms with Gasteiger partial charge in [0.2, 0.25) is 5.91 Å². The largest absolute Gasteiger partial charge is 0.492 e. The molecule has 0 radical (unpaired) electrons. The first kappa shape index (κ1) is 22.3. The van der Waals surface area contributed by atoms with Crippen molar-refractivity contribution in [1.82, 2.24) is 15.1 Å². The average Bonchev–Trinajstić information content (AvgIpc) is 3.25. The summed E-state index contributed by atoms with van der Waals surface area (Å²) in [4.78, 5) is 28.2. The zero-order valence-corrected chi connectivity index (χ0v) is 18.8. The smallest absolute Gasteiger partial charge is 0.219 e. The second-order valence-electron chi connectivity index (χ2n) is 8.46. The molecule has 2 heterocycles. The van der Waals surface area contributed by atoms with Gasteiger partial charge >= 0.3 is 0 Å². The van der Waals surface area contributed by atoms with E-state index >= 15 is 0 Å². The van der Waals surface area contributed by atoms with Gasteiger partial charge in [0.05, 0.1) is 6.26 Å². The minimum Gasteiger partial charge on any atom is -0.492 e. The number of nitrogens with zero attached hydrogens (tertiary/aromatic N) is 2. The van der Waals surface area contributed by atoms with E-state index in [1.165, 1.54) is 0 Å². The Hall–Kier alpha value is -2.90. The lowest BCUT2D eigenvalue weighted by atomic mass is 9.92. The van der Waals surface area contributed by atoms with E-state index in [4.69, 9.17) is 9.15 Å². The number of carbonyl (C=O) groups excluding carboxylic acids is 2. The number of hydrogen-bond acceptors (Lipinski definition) is 6. The summed E-state index contributed by atoms with van der Waals surface area (Å²) in [6, 6.07) is 9.98. The van der Waals surface area contributed by atoms with Gasteiger partial charge in [-0.25, -0.2) is 0 Å². The van der Waals surface area contributed by atoms with E-state index in [1.54, 1.807) is 13.3 Å². The fourth-order valence-electron chi connectivity index (χ4n) is 4.30. The van der Waals surface area contributed by atoms with Gasteiger partial charge in [0, 0.05) is 63.1 Å². The number of likely N-dealkylation sites (N-methyl/N-ethyl adjacent to an activating group) is 1. The minimum absolute atomic E-state index is 0.0760. The van der Waals surface area contributed by atoms with Crippen LogP contribution in [0.2, 0.25) is 0 Å². The number of furan rings is 1. The Bertz CT molecular complexity index is 1090. The van der Waals surface area contributed by atoms with Crippen LogP contribution in [0, 0.1) is 0 Å². The molecule has 1 unspecified atom stereocenters. The molecule has 0 aliphatic carbocycles. The maximum absolute atomic E-state index is 11.8. The summed E-state index contributed by atoms with van der Waals surface area (Å²) < 4.78 is 11.8. The van der Waals surface area contributed by atoms with E-state index in [-0.39, 0.29) is 5.91 Å². The lowest BCUT2D eigenvalue weighted by Crippen LogP contribution is -2.45. The zero-order chi connectivity index (χ0) is 22.5. The SMILES string of the molecule is CNC(=O)CCC(C=O)c1coc2ccc3cc(OCCN4CCN(C)CC4)ccc3c12. The van der Waals surface area contributed by atoms with Gasteiger partial charge in [0.15, 0.2) is 0 Å². The molecule has 1 aliphatic rings. The summed E-state index contributed by atoms with van der Waals surface area (Å²) >= 11 is 0. The number of rotatable bonds is 9. The number of hydrogen-bond donors (Lipinski definition) is 1. The third-order valence-electron chi connectivity index (χ3n) is 6.35. The molecule has 1 fully saturated rings. The molecule has 0 spiro atoms. The van der Waals surface area contributed by atoms with Crippen LogP contribution in [0.1, 0.15) is 24.3 Å². The van der Waals surface area contributed by atoms with Crippen molar-refractivity contribution in [3.63, 3.8) is 0 Å². The van der Waals surface area contributed by atoms with Crippen LogP contribution >= 0.6 is 0 Å². The van der Waals surface area contributed by atoms with E-state index in [0.29, 0.717) is 19.4 Å². The Morgan fingerprint density at radius 1 is 1.22 bits per heavy atom. The Labute approximate surface area is 188 Å². The molecule has 4 rings (SSSR count). The predicted octanol–water partition coefficient (Wildman–Crippen LogP) is 3.02. The van der Waals surface area contributed by atoms with Crippen LogP contribution in [0.15, 0.2) is 41.0 Å². The number of nitrogens with one attached hydrogen (secondary N) is 1. The topological polar surface area (TPSA) is 75.0 Å². The number of fused-ring (bicyclic) bond motifs is 3. The van der Waals surface area contributed by atoms with Crippen molar-refractivity contribution in [1.29, 1.82) is 0 Å². The van der Waals surface area contributed by atoms with Gasteiger partial charge in [-0.1, -0.05) is 6.07 Å². The first-order valence-electron chi connectivity index (χ1n) is 11.2. The van der Waals surface area contributed by atoms with Gasteiger partial charge in [0.1, 0.15) is 24.2 Å². The highest BCUT2D eigenvalue weighted by Gasteiger charge is 2.20. The Morgan fingerprint density at radius 3 is 2.78 bits per heavy atom. The van der Waals surface area contributed by atoms with Gasteiger partial charge in [-0.15, -0.1) is 0 Å².